The first kappa shape index (κ1) is 6.46. The minimum absolute atomic E-state index is 0.438. The maximum absolute atomic E-state index is 9.14. The maximum atomic E-state index is 9.14. The molecule has 2 nitrogen and oxygen atoms in total. The smallest absolute Gasteiger partial charge is 0.182 e. The van der Waals surface area contributed by atoms with Crippen LogP contribution < -0.4 is 0 Å². The molecule has 0 aromatic rings. The van der Waals surface area contributed by atoms with Crippen LogP contribution in [0.5, 0.6) is 0 Å². The van der Waals surface area contributed by atoms with Crippen LogP contribution in [0.15, 0.2) is 12.0 Å². The summed E-state index contributed by atoms with van der Waals surface area (Å²) in [7, 11) is 0. The Labute approximate surface area is 55.8 Å². The number of nitrogens with zero attached hydrogens (tertiary/aromatic N) is 1. The SMILES string of the molecule is C/C=C(/O)N1CCCC1. The molecule has 2 heteroatoms. The number of allylic oxidation sites excluding steroid dienone is 1. The molecule has 0 atom stereocenters. The summed E-state index contributed by atoms with van der Waals surface area (Å²) >= 11 is 0. The standard InChI is InChI=1S/C7H13NO/c1-2-7(9)8-5-3-4-6-8/h2,9H,3-6H2,1H3/b7-2+. The molecular weight excluding hydrogens is 114 g/mol. The molecule has 0 aliphatic carbocycles. The highest BCUT2D eigenvalue weighted by molar-refractivity contribution is 4.89. The van der Waals surface area contributed by atoms with Crippen molar-refractivity contribution in [1.82, 2.24) is 4.90 Å². The number of aliphatic hydroxyl groups excluding tert-OH is 1. The zero-order valence-electron chi connectivity index (χ0n) is 5.80. The lowest BCUT2D eigenvalue weighted by atomic mass is 10.4. The van der Waals surface area contributed by atoms with Crippen molar-refractivity contribution in [2.24, 2.45) is 0 Å². The minimum Gasteiger partial charge on any atom is -0.495 e. The van der Waals surface area contributed by atoms with E-state index < -0.39 is 0 Å². The summed E-state index contributed by atoms with van der Waals surface area (Å²) in [6, 6.07) is 0. The lowest BCUT2D eigenvalue weighted by Crippen LogP contribution is -2.17. The fourth-order valence-corrected chi connectivity index (χ4v) is 1.13. The van der Waals surface area contributed by atoms with E-state index in [2.05, 4.69) is 0 Å². The highest BCUT2D eigenvalue weighted by Crippen LogP contribution is 2.11. The average Bonchev–Trinajstić information content (AvgIpc) is 2.37. The molecular formula is C7H13NO. The van der Waals surface area contributed by atoms with Crippen molar-refractivity contribution in [3.8, 4) is 0 Å². The first-order valence-electron chi connectivity index (χ1n) is 3.45. The number of rotatable bonds is 1. The van der Waals surface area contributed by atoms with Gasteiger partial charge >= 0.3 is 0 Å². The minimum atomic E-state index is 0.438. The Hall–Kier alpha value is -0.660. The van der Waals surface area contributed by atoms with Gasteiger partial charge in [-0.25, -0.2) is 0 Å². The van der Waals surface area contributed by atoms with Crippen LogP contribution >= 0.6 is 0 Å². The molecule has 52 valence electrons. The van der Waals surface area contributed by atoms with Gasteiger partial charge in [0, 0.05) is 13.1 Å². The maximum Gasteiger partial charge on any atom is 0.182 e. The predicted molar refractivity (Wildman–Crippen MR) is 37.2 cm³/mol. The van der Waals surface area contributed by atoms with Gasteiger partial charge < -0.3 is 10.0 Å². The molecule has 0 aromatic heterocycles. The van der Waals surface area contributed by atoms with Gasteiger partial charge in [-0.2, -0.15) is 0 Å². The van der Waals surface area contributed by atoms with Crippen molar-refractivity contribution in [3.63, 3.8) is 0 Å². The first-order chi connectivity index (χ1) is 4.34. The number of hydrogen-bond acceptors (Lipinski definition) is 2. The molecule has 1 rings (SSSR count). The summed E-state index contributed by atoms with van der Waals surface area (Å²) in [5.41, 5.74) is 0. The van der Waals surface area contributed by atoms with Crippen LogP contribution in [0.4, 0.5) is 0 Å². The van der Waals surface area contributed by atoms with E-state index in [4.69, 9.17) is 5.11 Å². The molecule has 1 aliphatic rings. The van der Waals surface area contributed by atoms with E-state index >= 15 is 0 Å². The molecule has 1 saturated heterocycles. The van der Waals surface area contributed by atoms with Crippen LogP contribution in [0.1, 0.15) is 19.8 Å². The van der Waals surface area contributed by atoms with Crippen molar-refractivity contribution in [2.75, 3.05) is 13.1 Å². The van der Waals surface area contributed by atoms with E-state index in [1.54, 1.807) is 6.08 Å². The highest BCUT2D eigenvalue weighted by atomic mass is 16.3. The summed E-state index contributed by atoms with van der Waals surface area (Å²) < 4.78 is 0. The number of likely N-dealkylation sites (tertiary alicyclic amines) is 1. The molecule has 0 unspecified atom stereocenters. The largest absolute Gasteiger partial charge is 0.495 e. The van der Waals surface area contributed by atoms with Crippen LogP contribution in [-0.2, 0) is 0 Å². The molecule has 1 heterocycles. The first-order valence-corrected chi connectivity index (χ1v) is 3.45. The summed E-state index contributed by atoms with van der Waals surface area (Å²) in [6.07, 6.45) is 4.18. The molecule has 0 aromatic carbocycles. The quantitative estimate of drug-likeness (QED) is 0.539. The van der Waals surface area contributed by atoms with Gasteiger partial charge in [0.05, 0.1) is 0 Å². The summed E-state index contributed by atoms with van der Waals surface area (Å²) in [6.45, 7) is 3.90. The van der Waals surface area contributed by atoms with E-state index in [9.17, 15) is 0 Å². The number of hydrogen-bond donors (Lipinski definition) is 1. The fourth-order valence-electron chi connectivity index (χ4n) is 1.13. The topological polar surface area (TPSA) is 23.5 Å². The lowest BCUT2D eigenvalue weighted by Gasteiger charge is -2.14. The zero-order chi connectivity index (χ0) is 6.69. The Balaban J connectivity index is 2.42. The molecule has 1 fully saturated rings. The molecule has 0 amide bonds. The van der Waals surface area contributed by atoms with Crippen LogP contribution in [0.25, 0.3) is 0 Å². The zero-order valence-corrected chi connectivity index (χ0v) is 5.80. The third kappa shape index (κ3) is 1.37. The molecule has 0 radical (unpaired) electrons. The van der Waals surface area contributed by atoms with Gasteiger partial charge in [0.25, 0.3) is 0 Å². The second kappa shape index (κ2) is 2.76. The Morgan fingerprint density at radius 2 is 2.00 bits per heavy atom. The van der Waals surface area contributed by atoms with Crippen molar-refractivity contribution in [2.45, 2.75) is 19.8 Å². The highest BCUT2D eigenvalue weighted by Gasteiger charge is 2.11. The van der Waals surface area contributed by atoms with Crippen molar-refractivity contribution < 1.29 is 5.11 Å². The van der Waals surface area contributed by atoms with Gasteiger partial charge in [0.1, 0.15) is 0 Å². The summed E-state index contributed by atoms with van der Waals surface area (Å²) in [5.74, 6) is 0.438. The second-order valence-corrected chi connectivity index (χ2v) is 2.34. The molecule has 1 aliphatic heterocycles. The Morgan fingerprint density at radius 1 is 1.44 bits per heavy atom. The third-order valence-corrected chi connectivity index (χ3v) is 1.69. The molecule has 9 heavy (non-hydrogen) atoms. The van der Waals surface area contributed by atoms with Crippen molar-refractivity contribution in [1.29, 1.82) is 0 Å². The van der Waals surface area contributed by atoms with Gasteiger partial charge in [0.15, 0.2) is 5.88 Å². The van der Waals surface area contributed by atoms with Crippen molar-refractivity contribution in [3.05, 3.63) is 12.0 Å². The lowest BCUT2D eigenvalue weighted by molar-refractivity contribution is 0.232. The van der Waals surface area contributed by atoms with E-state index in [0.717, 1.165) is 13.1 Å². The summed E-state index contributed by atoms with van der Waals surface area (Å²) in [4.78, 5) is 2.00. The Kier molecular flexibility index (Phi) is 1.98. The molecule has 0 bridgehead atoms. The molecule has 0 saturated carbocycles. The third-order valence-electron chi connectivity index (χ3n) is 1.69. The normalized spacial score (nSPS) is 21.0. The second-order valence-electron chi connectivity index (χ2n) is 2.34. The van der Waals surface area contributed by atoms with E-state index in [0.29, 0.717) is 5.88 Å². The van der Waals surface area contributed by atoms with Crippen LogP contribution in [0, 0.1) is 0 Å². The van der Waals surface area contributed by atoms with Gasteiger partial charge in [-0.15, -0.1) is 0 Å². The molecule has 1 N–H and O–H groups in total. The van der Waals surface area contributed by atoms with Crippen LogP contribution in [0.3, 0.4) is 0 Å². The summed E-state index contributed by atoms with van der Waals surface area (Å²) in [5, 5.41) is 9.14. The van der Waals surface area contributed by atoms with E-state index in [-0.39, 0.29) is 0 Å². The van der Waals surface area contributed by atoms with Crippen molar-refractivity contribution >= 4 is 0 Å². The Bertz CT molecular complexity index is 114. The molecule has 0 spiro atoms. The van der Waals surface area contributed by atoms with Gasteiger partial charge in [-0.05, 0) is 25.8 Å². The average molecular weight is 127 g/mol. The predicted octanol–water partition coefficient (Wildman–Crippen LogP) is 1.50. The van der Waals surface area contributed by atoms with Gasteiger partial charge in [-0.3, -0.25) is 0 Å². The Morgan fingerprint density at radius 3 is 2.44 bits per heavy atom. The monoisotopic (exact) mass is 127 g/mol. The van der Waals surface area contributed by atoms with Gasteiger partial charge in [-0.1, -0.05) is 0 Å². The van der Waals surface area contributed by atoms with Gasteiger partial charge in [0.2, 0.25) is 0 Å². The van der Waals surface area contributed by atoms with Crippen LogP contribution in [0.2, 0.25) is 0 Å². The number of aliphatic hydroxyl groups is 1. The van der Waals surface area contributed by atoms with E-state index in [1.807, 2.05) is 11.8 Å². The fraction of sp³-hybridized carbons (Fsp3) is 0.714. The van der Waals surface area contributed by atoms with E-state index in [1.165, 1.54) is 12.8 Å². The van der Waals surface area contributed by atoms with Crippen LogP contribution in [-0.4, -0.2) is 23.1 Å².